The lowest BCUT2D eigenvalue weighted by Gasteiger charge is -2.11. The van der Waals surface area contributed by atoms with Gasteiger partial charge in [0.25, 0.3) is 0 Å². The van der Waals surface area contributed by atoms with Gasteiger partial charge in [-0.2, -0.15) is 13.2 Å². The zero-order chi connectivity index (χ0) is 20.6. The van der Waals surface area contributed by atoms with Gasteiger partial charge < -0.3 is 14.8 Å². The molecule has 146 valence electrons. The van der Waals surface area contributed by atoms with Gasteiger partial charge in [0.05, 0.1) is 5.56 Å². The van der Waals surface area contributed by atoms with Crippen LogP contribution in [0.2, 0.25) is 0 Å². The summed E-state index contributed by atoms with van der Waals surface area (Å²) in [6, 6.07) is 11.5. The number of oxime groups is 2. The Morgan fingerprint density at radius 3 is 2.50 bits per heavy atom. The van der Waals surface area contributed by atoms with Crippen molar-refractivity contribution < 1.29 is 28.0 Å². The highest BCUT2D eigenvalue weighted by Crippen LogP contribution is 2.29. The lowest BCUT2D eigenvalue weighted by Crippen LogP contribution is -2.13. The summed E-state index contributed by atoms with van der Waals surface area (Å²) in [6.07, 6.45) is 0.692. The lowest BCUT2D eigenvalue weighted by atomic mass is 10.1. The first-order valence-corrected chi connectivity index (χ1v) is 8.07. The highest BCUT2D eigenvalue weighted by Gasteiger charge is 2.30. The van der Waals surface area contributed by atoms with E-state index in [1.54, 1.807) is 30.3 Å². The third-order valence-corrected chi connectivity index (χ3v) is 3.58. The molecule has 0 aromatic heterocycles. The fraction of sp³-hybridized carbons (Fsp3) is 0.200. The number of nitrogens with zero attached hydrogens (tertiary/aromatic N) is 2. The molecule has 0 unspecified atom stereocenters. The number of terminal acetylenes is 1. The van der Waals surface area contributed by atoms with E-state index in [1.165, 1.54) is 13.0 Å². The molecular weight excluding hydrogens is 373 g/mol. The number of alkyl halides is 3. The zero-order valence-corrected chi connectivity index (χ0v) is 14.9. The van der Waals surface area contributed by atoms with E-state index in [-0.39, 0.29) is 24.6 Å². The Hall–Kier alpha value is -3.47. The van der Waals surface area contributed by atoms with Gasteiger partial charge in [0.2, 0.25) is 0 Å². The van der Waals surface area contributed by atoms with Crippen LogP contribution in [0.15, 0.2) is 58.8 Å². The molecule has 2 aromatic rings. The second kappa shape index (κ2) is 9.46. The quantitative estimate of drug-likeness (QED) is 0.249. The van der Waals surface area contributed by atoms with Gasteiger partial charge >= 0.3 is 6.18 Å². The Bertz CT molecular complexity index is 898. The van der Waals surface area contributed by atoms with E-state index in [0.29, 0.717) is 16.9 Å². The Morgan fingerprint density at radius 2 is 1.89 bits per heavy atom. The number of rotatable bonds is 7. The molecule has 0 spiro atoms. The standard InChI is InChI=1S/C20H17F3N2O3/c1-3-11-28-25-19(14(2)24-26)16-7-9-18(10-8-16)27-13-15-5-4-6-17(12-15)20(21,22)23/h1,4-10,12,26H,11,13H2,2H3/b24-14?,25-19-. The van der Waals surface area contributed by atoms with Crippen LogP contribution in [0.4, 0.5) is 13.2 Å². The lowest BCUT2D eigenvalue weighted by molar-refractivity contribution is -0.137. The van der Waals surface area contributed by atoms with Crippen molar-refractivity contribution in [1.82, 2.24) is 0 Å². The average Bonchev–Trinajstić information content (AvgIpc) is 2.69. The van der Waals surface area contributed by atoms with Crippen LogP contribution < -0.4 is 4.74 Å². The molecule has 1 N–H and O–H groups in total. The minimum absolute atomic E-state index is 0.0212. The predicted octanol–water partition coefficient (Wildman–Crippen LogP) is 4.49. The van der Waals surface area contributed by atoms with E-state index in [9.17, 15) is 13.2 Å². The van der Waals surface area contributed by atoms with Crippen LogP contribution in [-0.4, -0.2) is 23.2 Å². The van der Waals surface area contributed by atoms with Crippen LogP contribution in [0.1, 0.15) is 23.6 Å². The number of hydrogen-bond donors (Lipinski definition) is 1. The summed E-state index contributed by atoms with van der Waals surface area (Å²) in [4.78, 5) is 4.93. The van der Waals surface area contributed by atoms with E-state index < -0.39 is 11.7 Å². The average molecular weight is 390 g/mol. The smallest absolute Gasteiger partial charge is 0.416 e. The molecule has 0 atom stereocenters. The molecule has 0 amide bonds. The minimum atomic E-state index is -4.40. The summed E-state index contributed by atoms with van der Waals surface area (Å²) in [7, 11) is 0. The fourth-order valence-electron chi connectivity index (χ4n) is 2.22. The van der Waals surface area contributed by atoms with Crippen molar-refractivity contribution in [3.05, 3.63) is 65.2 Å². The molecule has 2 aromatic carbocycles. The minimum Gasteiger partial charge on any atom is -0.489 e. The maximum absolute atomic E-state index is 12.8. The highest BCUT2D eigenvalue weighted by molar-refractivity contribution is 6.47. The van der Waals surface area contributed by atoms with Crippen molar-refractivity contribution in [2.45, 2.75) is 19.7 Å². The van der Waals surface area contributed by atoms with E-state index in [1.807, 2.05) is 0 Å². The molecule has 28 heavy (non-hydrogen) atoms. The molecule has 0 aliphatic carbocycles. The molecule has 0 heterocycles. The maximum Gasteiger partial charge on any atom is 0.416 e. The molecule has 0 saturated carbocycles. The van der Waals surface area contributed by atoms with Crippen molar-refractivity contribution >= 4 is 11.4 Å². The van der Waals surface area contributed by atoms with Crippen LogP contribution in [0, 0.1) is 12.3 Å². The molecule has 2 rings (SSSR count). The van der Waals surface area contributed by atoms with Gasteiger partial charge in [-0.15, -0.1) is 6.42 Å². The largest absolute Gasteiger partial charge is 0.489 e. The topological polar surface area (TPSA) is 63.4 Å². The molecule has 5 nitrogen and oxygen atoms in total. The molecule has 8 heteroatoms. The predicted molar refractivity (Wildman–Crippen MR) is 98.4 cm³/mol. The van der Waals surface area contributed by atoms with Crippen molar-refractivity contribution in [1.29, 1.82) is 0 Å². The second-order valence-corrected chi connectivity index (χ2v) is 5.61. The van der Waals surface area contributed by atoms with Gasteiger partial charge in [-0.05, 0) is 48.9 Å². The summed E-state index contributed by atoms with van der Waals surface area (Å²) >= 11 is 0. The second-order valence-electron chi connectivity index (χ2n) is 5.61. The van der Waals surface area contributed by atoms with Crippen molar-refractivity contribution in [3.63, 3.8) is 0 Å². The normalized spacial score (nSPS) is 12.4. The van der Waals surface area contributed by atoms with Gasteiger partial charge in [-0.3, -0.25) is 0 Å². The highest BCUT2D eigenvalue weighted by atomic mass is 19.4. The van der Waals surface area contributed by atoms with E-state index in [0.717, 1.165) is 12.1 Å². The van der Waals surface area contributed by atoms with Crippen LogP contribution in [0.25, 0.3) is 0 Å². The Kier molecular flexibility index (Phi) is 7.04. The molecule has 0 saturated heterocycles. The van der Waals surface area contributed by atoms with Crippen LogP contribution in [0.5, 0.6) is 5.75 Å². The first kappa shape index (κ1) is 20.8. The first-order valence-electron chi connectivity index (χ1n) is 8.07. The van der Waals surface area contributed by atoms with Gasteiger partial charge in [0.1, 0.15) is 23.8 Å². The number of hydrogen-bond acceptors (Lipinski definition) is 5. The first-order chi connectivity index (χ1) is 13.3. The third-order valence-electron chi connectivity index (χ3n) is 3.58. The maximum atomic E-state index is 12.8. The molecular formula is C20H17F3N2O3. The summed E-state index contributed by atoms with van der Waals surface area (Å²) in [5, 5.41) is 15.9. The SMILES string of the molecule is C#CCO/N=C(/C(C)=NO)c1ccc(OCc2cccc(C(F)(F)F)c2)cc1. The van der Waals surface area contributed by atoms with E-state index in [4.69, 9.17) is 21.2 Å². The van der Waals surface area contributed by atoms with E-state index >= 15 is 0 Å². The van der Waals surface area contributed by atoms with Crippen LogP contribution in [-0.2, 0) is 17.6 Å². The summed E-state index contributed by atoms with van der Waals surface area (Å²) in [6.45, 7) is 1.48. The van der Waals surface area contributed by atoms with Crippen molar-refractivity contribution in [2.75, 3.05) is 6.61 Å². The summed E-state index contributed by atoms with van der Waals surface area (Å²) < 4.78 is 43.8. The Labute approximate surface area is 160 Å². The monoisotopic (exact) mass is 390 g/mol. The van der Waals surface area contributed by atoms with Gasteiger partial charge in [-0.25, -0.2) is 0 Å². The molecule has 0 bridgehead atoms. The Morgan fingerprint density at radius 1 is 1.18 bits per heavy atom. The van der Waals surface area contributed by atoms with Gasteiger partial charge in [-0.1, -0.05) is 28.4 Å². The van der Waals surface area contributed by atoms with E-state index in [2.05, 4.69) is 16.2 Å². The Balaban J connectivity index is 2.10. The van der Waals surface area contributed by atoms with Crippen molar-refractivity contribution in [2.24, 2.45) is 10.3 Å². The van der Waals surface area contributed by atoms with Crippen LogP contribution >= 0.6 is 0 Å². The van der Waals surface area contributed by atoms with Gasteiger partial charge in [0.15, 0.2) is 6.61 Å². The molecule has 0 aliphatic rings. The zero-order valence-electron chi connectivity index (χ0n) is 14.9. The van der Waals surface area contributed by atoms with Gasteiger partial charge in [0, 0.05) is 5.56 Å². The fourth-order valence-corrected chi connectivity index (χ4v) is 2.22. The molecule has 0 fully saturated rings. The molecule has 0 radical (unpaired) electrons. The third kappa shape index (κ3) is 5.77. The summed E-state index contributed by atoms with van der Waals surface area (Å²) in [5.74, 6) is 2.71. The number of benzene rings is 2. The number of ether oxygens (including phenoxy) is 1. The summed E-state index contributed by atoms with van der Waals surface area (Å²) in [5.41, 5.74) is 0.748. The van der Waals surface area contributed by atoms with Crippen molar-refractivity contribution in [3.8, 4) is 18.1 Å². The molecule has 0 aliphatic heterocycles. The number of halogens is 3. The van der Waals surface area contributed by atoms with Crippen LogP contribution in [0.3, 0.4) is 0 Å².